The first kappa shape index (κ1) is 33.0. The van der Waals surface area contributed by atoms with Crippen molar-refractivity contribution in [2.45, 2.75) is 34.1 Å². The molecule has 0 spiro atoms. The van der Waals surface area contributed by atoms with Gasteiger partial charge in [-0.15, -0.1) is 0 Å². The van der Waals surface area contributed by atoms with E-state index in [0.29, 0.717) is 13.2 Å². The van der Waals surface area contributed by atoms with Gasteiger partial charge < -0.3 is 0 Å². The second-order valence-electron chi connectivity index (χ2n) is 11.8. The normalized spacial score (nSPS) is 15.9. The number of aryl methyl sites for hydroxylation is 1. The van der Waals surface area contributed by atoms with Crippen molar-refractivity contribution in [3.8, 4) is 4.37 Å². The summed E-state index contributed by atoms with van der Waals surface area (Å²) < 4.78 is 10.00. The van der Waals surface area contributed by atoms with Crippen LogP contribution in [0.4, 0.5) is 0 Å². The third-order valence-electron chi connectivity index (χ3n) is 8.95. The molecule has 6 heteroatoms. The molecule has 0 atom stereocenters. The average molecular weight is 812 g/mol. The van der Waals surface area contributed by atoms with Crippen LogP contribution in [-0.4, -0.2) is 28.2 Å². The number of fused-ring (bicyclic) bond motifs is 1. The molecule has 1 aromatic heterocycles. The van der Waals surface area contributed by atoms with Crippen LogP contribution < -0.4 is 15.9 Å². The molecule has 0 amide bonds. The van der Waals surface area contributed by atoms with Crippen molar-refractivity contribution in [1.82, 2.24) is 15.0 Å². The van der Waals surface area contributed by atoms with Gasteiger partial charge in [0.1, 0.15) is 0 Å². The number of nitrogens with zero attached hydrogens (tertiary/aromatic N) is 3. The first-order chi connectivity index (χ1) is 22.9. The van der Waals surface area contributed by atoms with Crippen molar-refractivity contribution in [1.29, 1.82) is 0 Å². The fourth-order valence-corrected chi connectivity index (χ4v) is 12.5. The molecule has 6 rings (SSSR count). The summed E-state index contributed by atoms with van der Waals surface area (Å²) in [5.41, 5.74) is 10.0. The summed E-state index contributed by atoms with van der Waals surface area (Å²) >= 11 is 1.81. The Morgan fingerprint density at radius 1 is 0.830 bits per heavy atom. The summed E-state index contributed by atoms with van der Waals surface area (Å²) in [6.45, 7) is 9.89. The first-order valence-corrected chi connectivity index (χ1v) is 19.1. The molecule has 0 aliphatic carbocycles. The van der Waals surface area contributed by atoms with E-state index < -0.39 is 7.26 Å². The second-order valence-corrected chi connectivity index (χ2v) is 15.7. The molecule has 0 saturated carbocycles. The van der Waals surface area contributed by atoms with Gasteiger partial charge in [0, 0.05) is 0 Å². The Morgan fingerprint density at radius 2 is 1.36 bits per heavy atom. The van der Waals surface area contributed by atoms with E-state index in [-0.39, 0.29) is 0 Å². The summed E-state index contributed by atoms with van der Waals surface area (Å²) in [4.78, 5) is 1.71. The number of hydrogen-bond acceptors (Lipinski definition) is 3. The van der Waals surface area contributed by atoms with Gasteiger partial charge in [0.25, 0.3) is 0 Å². The number of allylic oxidation sites excluding steroid dienone is 5. The molecule has 237 valence electrons. The van der Waals surface area contributed by atoms with Gasteiger partial charge in [-0.1, -0.05) is 0 Å². The van der Waals surface area contributed by atoms with Crippen molar-refractivity contribution in [3.63, 3.8) is 0 Å². The molecule has 1 fully saturated rings. The standard InChI is InChI=1S/C41H40N3OP.Os/c1-7-18-32-27-45-28-33(32)26-38(39-30(4)29(3)37(19-8-2)40-41(39)43-44(6)42-40)31(5)46(34-20-12-9-13-21-34,35-22-14-10-15-23-35)36-24-16-11-17-25-36;/h8-26H,7,27-28H2,1-4,6H3;/q+1;/b19-8+,32-18?,33-26?,38-31?;. The van der Waals surface area contributed by atoms with Gasteiger partial charge in [-0.2, -0.15) is 0 Å². The topological polar surface area (TPSA) is 39.9 Å². The van der Waals surface area contributed by atoms with Crippen molar-refractivity contribution < 1.29 is 22.7 Å². The average Bonchev–Trinajstić information content (AvgIpc) is 3.72. The molecular weight excluding hydrogens is 772 g/mol. The van der Waals surface area contributed by atoms with Crippen LogP contribution in [-0.2, 0) is 29.7 Å². The maximum atomic E-state index is 6.10. The SMILES string of the molecule is C/C=C/c1c(C)c(C)c(C(C=C2COCC2=CCC)=C([C]#[Os])[P+](c2ccccc2)(c2ccccc2)c2ccccc2)c2nn(C)nc12. The minimum atomic E-state index is -2.51. The molecule has 4 aromatic carbocycles. The van der Waals surface area contributed by atoms with Crippen LogP contribution in [0, 0.1) is 18.2 Å². The number of benzene rings is 4. The Bertz CT molecular complexity index is 1990. The number of ether oxygens (including phenoxy) is 1. The van der Waals surface area contributed by atoms with E-state index in [1.807, 2.05) is 25.0 Å². The zero-order chi connectivity index (χ0) is 33.0. The third kappa shape index (κ3) is 6.00. The van der Waals surface area contributed by atoms with Crippen LogP contribution in [0.5, 0.6) is 0 Å². The van der Waals surface area contributed by atoms with Gasteiger partial charge in [0.2, 0.25) is 0 Å². The third-order valence-corrected chi connectivity index (χ3v) is 14.3. The fraction of sp³-hybridized carbons (Fsp3) is 0.195. The van der Waals surface area contributed by atoms with E-state index in [2.05, 4.69) is 147 Å². The van der Waals surface area contributed by atoms with Crippen LogP contribution >= 0.6 is 7.26 Å². The molecule has 1 aliphatic heterocycles. The molecule has 5 aromatic rings. The van der Waals surface area contributed by atoms with E-state index in [9.17, 15) is 0 Å². The van der Waals surface area contributed by atoms with Crippen LogP contribution in [0.15, 0.2) is 126 Å². The fourth-order valence-electron chi connectivity index (χ4n) is 6.74. The Balaban J connectivity index is 1.89. The summed E-state index contributed by atoms with van der Waals surface area (Å²) in [6, 6.07) is 33.1. The molecule has 0 radical (unpaired) electrons. The van der Waals surface area contributed by atoms with Gasteiger partial charge in [0.05, 0.1) is 0 Å². The van der Waals surface area contributed by atoms with Crippen LogP contribution in [0.25, 0.3) is 22.7 Å². The van der Waals surface area contributed by atoms with Gasteiger partial charge in [-0.25, -0.2) is 0 Å². The van der Waals surface area contributed by atoms with Crippen LogP contribution in [0.2, 0.25) is 0 Å². The molecule has 47 heavy (non-hydrogen) atoms. The summed E-state index contributed by atoms with van der Waals surface area (Å²) in [5, 5.41) is 15.0. The predicted molar refractivity (Wildman–Crippen MR) is 196 cm³/mol. The predicted octanol–water partition coefficient (Wildman–Crippen LogP) is 8.12. The van der Waals surface area contributed by atoms with Crippen LogP contribution in [0.1, 0.15) is 42.5 Å². The molecule has 2 heterocycles. The summed E-state index contributed by atoms with van der Waals surface area (Å²) in [6.07, 6.45) is 9.89. The maximum absolute atomic E-state index is 6.10. The Kier molecular flexibility index (Phi) is 10.1. The van der Waals surface area contributed by atoms with E-state index in [4.69, 9.17) is 14.9 Å². The van der Waals surface area contributed by atoms with Gasteiger partial charge in [0.15, 0.2) is 0 Å². The van der Waals surface area contributed by atoms with E-state index >= 15 is 0 Å². The van der Waals surface area contributed by atoms with Crippen molar-refractivity contribution in [2.75, 3.05) is 13.2 Å². The van der Waals surface area contributed by atoms with E-state index in [0.717, 1.165) is 34.2 Å². The Hall–Kier alpha value is -3.95. The zero-order valence-electron chi connectivity index (χ0n) is 27.6. The van der Waals surface area contributed by atoms with Crippen molar-refractivity contribution >= 4 is 45.9 Å². The van der Waals surface area contributed by atoms with Gasteiger partial charge in [-0.3, -0.25) is 0 Å². The second kappa shape index (κ2) is 14.4. The molecule has 0 unspecified atom stereocenters. The van der Waals surface area contributed by atoms with E-state index in [1.54, 1.807) is 4.80 Å². The number of hydrogen-bond donors (Lipinski definition) is 0. The van der Waals surface area contributed by atoms with E-state index in [1.165, 1.54) is 43.5 Å². The minimum absolute atomic E-state index is 0.570. The molecular formula is C41H40N3OOsP+. The summed E-state index contributed by atoms with van der Waals surface area (Å²) in [7, 11) is -0.591. The first-order valence-electron chi connectivity index (χ1n) is 16.1. The zero-order valence-corrected chi connectivity index (χ0v) is 31.1. The number of aromatic nitrogens is 3. The van der Waals surface area contributed by atoms with Gasteiger partial charge in [-0.05, 0) is 0 Å². The molecule has 4 nitrogen and oxygen atoms in total. The van der Waals surface area contributed by atoms with Crippen LogP contribution in [0.3, 0.4) is 0 Å². The molecule has 0 bridgehead atoms. The van der Waals surface area contributed by atoms with Crippen molar-refractivity contribution in [2.24, 2.45) is 7.05 Å². The van der Waals surface area contributed by atoms with Crippen molar-refractivity contribution in [3.05, 3.63) is 148 Å². The monoisotopic (exact) mass is 813 g/mol. The summed E-state index contributed by atoms with van der Waals surface area (Å²) in [5.74, 6) is 0. The molecule has 1 aliphatic rings. The number of rotatable bonds is 8. The Labute approximate surface area is 289 Å². The molecule has 1 saturated heterocycles. The Morgan fingerprint density at radius 3 is 1.87 bits per heavy atom. The molecule has 0 N–H and O–H groups in total. The van der Waals surface area contributed by atoms with Gasteiger partial charge >= 0.3 is 290 Å². The quantitative estimate of drug-likeness (QED) is 0.149.